The summed E-state index contributed by atoms with van der Waals surface area (Å²) in [6.07, 6.45) is 0. The summed E-state index contributed by atoms with van der Waals surface area (Å²) in [5, 5.41) is 2.19. The molecule has 0 fully saturated rings. The van der Waals surface area contributed by atoms with Crippen LogP contribution in [0.1, 0.15) is 26.3 Å². The van der Waals surface area contributed by atoms with Crippen molar-refractivity contribution in [2.24, 2.45) is 0 Å². The van der Waals surface area contributed by atoms with Crippen LogP contribution in [0.4, 0.5) is 23.2 Å². The van der Waals surface area contributed by atoms with Crippen molar-refractivity contribution in [3.63, 3.8) is 0 Å². The number of halogens is 4. The fraction of sp³-hybridized carbons (Fsp3) is 0.125. The molecule has 2 rings (SSSR count). The van der Waals surface area contributed by atoms with Crippen molar-refractivity contribution in [1.82, 2.24) is 0 Å². The first kappa shape index (κ1) is 17.5. The molecule has 4 nitrogen and oxygen atoms in total. The van der Waals surface area contributed by atoms with Crippen LogP contribution < -0.4 is 5.32 Å². The number of esters is 1. The molecule has 1 N–H and O–H groups in total. The summed E-state index contributed by atoms with van der Waals surface area (Å²) in [6, 6.07) is 4.65. The largest absolute Gasteiger partial charge is 0.465 e. The first-order chi connectivity index (χ1) is 11.3. The average Bonchev–Trinajstić information content (AvgIpc) is 2.57. The van der Waals surface area contributed by atoms with Crippen LogP contribution >= 0.6 is 0 Å². The number of nitrogens with one attached hydrogen (secondary N) is 1. The van der Waals surface area contributed by atoms with E-state index in [-0.39, 0.29) is 17.3 Å². The number of carbonyl (C=O) groups is 2. The van der Waals surface area contributed by atoms with Crippen molar-refractivity contribution in [1.29, 1.82) is 0 Å². The number of carbonyl (C=O) groups excluding carboxylic acids is 2. The molecule has 0 bridgehead atoms. The van der Waals surface area contributed by atoms with Crippen molar-refractivity contribution in [2.75, 3.05) is 12.4 Å². The van der Waals surface area contributed by atoms with Gasteiger partial charge in [-0.05, 0) is 24.6 Å². The van der Waals surface area contributed by atoms with Crippen LogP contribution in [0.3, 0.4) is 0 Å². The summed E-state index contributed by atoms with van der Waals surface area (Å²) >= 11 is 0. The summed E-state index contributed by atoms with van der Waals surface area (Å²) in [7, 11) is 1.13. The first-order valence-corrected chi connectivity index (χ1v) is 6.60. The lowest BCUT2D eigenvalue weighted by atomic mass is 10.1. The number of amides is 1. The van der Waals surface area contributed by atoms with Crippen molar-refractivity contribution in [3.8, 4) is 0 Å². The second kappa shape index (κ2) is 6.69. The minimum atomic E-state index is -2.10. The Balaban J connectivity index is 2.47. The molecule has 0 unspecified atom stereocenters. The SMILES string of the molecule is COC(=O)c1cccc(C)c1NC(=O)c1cc(F)c(F)c(F)c1F. The van der Waals surface area contributed by atoms with Gasteiger partial charge in [-0.25, -0.2) is 22.4 Å². The highest BCUT2D eigenvalue weighted by molar-refractivity contribution is 6.08. The highest BCUT2D eigenvalue weighted by Gasteiger charge is 2.24. The minimum absolute atomic E-state index is 0.0149. The Morgan fingerprint density at radius 1 is 1.00 bits per heavy atom. The Morgan fingerprint density at radius 2 is 1.67 bits per heavy atom. The summed E-state index contributed by atoms with van der Waals surface area (Å²) in [6.45, 7) is 1.55. The Bertz CT molecular complexity index is 837. The van der Waals surface area contributed by atoms with Gasteiger partial charge in [0.05, 0.1) is 23.9 Å². The third kappa shape index (κ3) is 3.08. The van der Waals surface area contributed by atoms with Gasteiger partial charge in [0.25, 0.3) is 5.91 Å². The lowest BCUT2D eigenvalue weighted by Crippen LogP contribution is -2.19. The molecule has 0 heterocycles. The molecule has 2 aromatic carbocycles. The Kier molecular flexibility index (Phi) is 4.87. The fourth-order valence-corrected chi connectivity index (χ4v) is 2.03. The van der Waals surface area contributed by atoms with E-state index in [1.165, 1.54) is 12.1 Å². The molecule has 0 aliphatic carbocycles. The number of ether oxygens (including phenoxy) is 1. The highest BCUT2D eigenvalue weighted by atomic mass is 19.2. The van der Waals surface area contributed by atoms with Gasteiger partial charge in [-0.2, -0.15) is 0 Å². The summed E-state index contributed by atoms with van der Waals surface area (Å²) < 4.78 is 57.7. The molecule has 0 aliphatic rings. The Hall–Kier alpha value is -2.90. The Labute approximate surface area is 134 Å². The van der Waals surface area contributed by atoms with Crippen LogP contribution in [-0.4, -0.2) is 19.0 Å². The molecular formula is C16H11F4NO3. The Morgan fingerprint density at radius 3 is 2.29 bits per heavy atom. The van der Waals surface area contributed by atoms with E-state index in [2.05, 4.69) is 10.1 Å². The van der Waals surface area contributed by atoms with Crippen molar-refractivity contribution in [2.45, 2.75) is 6.92 Å². The molecule has 1 amide bonds. The van der Waals surface area contributed by atoms with E-state index in [9.17, 15) is 27.2 Å². The van der Waals surface area contributed by atoms with Crippen LogP contribution in [-0.2, 0) is 4.74 Å². The van der Waals surface area contributed by atoms with Gasteiger partial charge in [0.1, 0.15) is 0 Å². The number of benzene rings is 2. The van der Waals surface area contributed by atoms with Crippen LogP contribution in [0.5, 0.6) is 0 Å². The van der Waals surface area contributed by atoms with E-state index in [0.29, 0.717) is 5.56 Å². The van der Waals surface area contributed by atoms with Crippen molar-refractivity contribution in [3.05, 3.63) is 64.2 Å². The lowest BCUT2D eigenvalue weighted by molar-refractivity contribution is 0.0602. The summed E-state index contributed by atoms with van der Waals surface area (Å²) in [5.41, 5.74) is -0.659. The standard InChI is InChI=1S/C16H11F4NO3/c1-7-4-3-5-8(16(23)24-2)14(7)21-15(22)9-6-10(17)12(19)13(20)11(9)18/h3-6H,1-2H3,(H,21,22). The molecule has 8 heteroatoms. The highest BCUT2D eigenvalue weighted by Crippen LogP contribution is 2.24. The van der Waals surface area contributed by atoms with Crippen molar-refractivity contribution >= 4 is 17.6 Å². The zero-order chi connectivity index (χ0) is 18.0. The molecule has 0 saturated heterocycles. The predicted octanol–water partition coefficient (Wildman–Crippen LogP) is 3.59. The van der Waals surface area contributed by atoms with Gasteiger partial charge in [-0.15, -0.1) is 0 Å². The molecule has 0 atom stereocenters. The zero-order valence-corrected chi connectivity index (χ0v) is 12.5. The average molecular weight is 341 g/mol. The normalized spacial score (nSPS) is 10.4. The quantitative estimate of drug-likeness (QED) is 0.402. The molecular weight excluding hydrogens is 330 g/mol. The minimum Gasteiger partial charge on any atom is -0.465 e. The van der Waals surface area contributed by atoms with Gasteiger partial charge in [-0.3, -0.25) is 4.79 Å². The second-order valence-electron chi connectivity index (χ2n) is 4.79. The van der Waals surface area contributed by atoms with E-state index < -0.39 is 40.7 Å². The van der Waals surface area contributed by atoms with Gasteiger partial charge >= 0.3 is 5.97 Å². The maximum Gasteiger partial charge on any atom is 0.339 e. The molecule has 0 aromatic heterocycles. The van der Waals surface area contributed by atoms with Gasteiger partial charge in [0.2, 0.25) is 0 Å². The lowest BCUT2D eigenvalue weighted by Gasteiger charge is -2.13. The smallest absolute Gasteiger partial charge is 0.339 e. The van der Waals surface area contributed by atoms with E-state index in [0.717, 1.165) is 7.11 Å². The summed E-state index contributed by atoms with van der Waals surface area (Å²) in [5.74, 6) is -9.68. The fourth-order valence-electron chi connectivity index (χ4n) is 2.03. The molecule has 0 saturated carbocycles. The maximum atomic E-state index is 13.7. The maximum absolute atomic E-state index is 13.7. The number of aryl methyl sites for hydroxylation is 1. The number of anilines is 1. The first-order valence-electron chi connectivity index (χ1n) is 6.60. The van der Waals surface area contributed by atoms with E-state index in [1.54, 1.807) is 13.0 Å². The number of para-hydroxylation sites is 1. The van der Waals surface area contributed by atoms with Crippen LogP contribution in [0.25, 0.3) is 0 Å². The van der Waals surface area contributed by atoms with E-state index in [4.69, 9.17) is 0 Å². The number of hydrogen-bond acceptors (Lipinski definition) is 3. The van der Waals surface area contributed by atoms with Crippen LogP contribution in [0.15, 0.2) is 24.3 Å². The molecule has 126 valence electrons. The monoisotopic (exact) mass is 341 g/mol. The zero-order valence-electron chi connectivity index (χ0n) is 12.5. The predicted molar refractivity (Wildman–Crippen MR) is 76.7 cm³/mol. The molecule has 0 spiro atoms. The molecule has 0 aliphatic heterocycles. The third-order valence-electron chi connectivity index (χ3n) is 3.26. The van der Waals surface area contributed by atoms with Gasteiger partial charge in [0.15, 0.2) is 23.3 Å². The van der Waals surface area contributed by atoms with Gasteiger partial charge in [0, 0.05) is 0 Å². The number of hydrogen-bond donors (Lipinski definition) is 1. The second-order valence-corrected chi connectivity index (χ2v) is 4.79. The summed E-state index contributed by atoms with van der Waals surface area (Å²) in [4.78, 5) is 23.8. The van der Waals surface area contributed by atoms with Gasteiger partial charge in [-0.1, -0.05) is 12.1 Å². The number of rotatable bonds is 3. The number of methoxy groups -OCH3 is 1. The molecule has 24 heavy (non-hydrogen) atoms. The van der Waals surface area contributed by atoms with Crippen LogP contribution in [0, 0.1) is 30.2 Å². The van der Waals surface area contributed by atoms with E-state index >= 15 is 0 Å². The van der Waals surface area contributed by atoms with E-state index in [1.807, 2.05) is 0 Å². The van der Waals surface area contributed by atoms with Crippen LogP contribution in [0.2, 0.25) is 0 Å². The topological polar surface area (TPSA) is 55.4 Å². The molecule has 0 radical (unpaired) electrons. The van der Waals surface area contributed by atoms with Gasteiger partial charge < -0.3 is 10.1 Å². The van der Waals surface area contributed by atoms with Crippen molar-refractivity contribution < 1.29 is 31.9 Å². The molecule has 2 aromatic rings. The third-order valence-corrected chi connectivity index (χ3v) is 3.26.